The summed E-state index contributed by atoms with van der Waals surface area (Å²) in [5.41, 5.74) is 2.75. The minimum Gasteiger partial charge on any atom is -0.279 e. The molecule has 0 aromatic heterocycles. The molecule has 1 N–H and O–H groups in total. The van der Waals surface area contributed by atoms with Crippen molar-refractivity contribution in [2.45, 2.75) is 18.7 Å². The maximum absolute atomic E-state index is 12.3. The van der Waals surface area contributed by atoms with Gasteiger partial charge < -0.3 is 0 Å². The first kappa shape index (κ1) is 14.1. The molecule has 0 aliphatic carbocycles. The topological polar surface area (TPSA) is 70.0 Å². The highest BCUT2D eigenvalue weighted by Gasteiger charge is 2.16. The summed E-state index contributed by atoms with van der Waals surface area (Å²) in [5.74, 6) is 0. The van der Waals surface area contributed by atoms with Crippen molar-refractivity contribution in [2.75, 3.05) is 4.72 Å². The molecule has 102 valence electrons. The molecule has 4 nitrogen and oxygen atoms in total. The summed E-state index contributed by atoms with van der Waals surface area (Å²) < 4.78 is 27.2. The van der Waals surface area contributed by atoms with Crippen molar-refractivity contribution >= 4 is 15.7 Å². The third-order valence-corrected chi connectivity index (χ3v) is 4.49. The van der Waals surface area contributed by atoms with E-state index in [0.29, 0.717) is 11.3 Å². The van der Waals surface area contributed by atoms with Crippen LogP contribution in [0, 0.1) is 25.2 Å². The summed E-state index contributed by atoms with van der Waals surface area (Å²) in [6.07, 6.45) is 0. The van der Waals surface area contributed by atoms with Gasteiger partial charge >= 0.3 is 0 Å². The van der Waals surface area contributed by atoms with Crippen molar-refractivity contribution in [1.82, 2.24) is 0 Å². The zero-order chi connectivity index (χ0) is 14.8. The zero-order valence-corrected chi connectivity index (χ0v) is 12.0. The summed E-state index contributed by atoms with van der Waals surface area (Å²) in [5, 5.41) is 8.83. The van der Waals surface area contributed by atoms with E-state index in [-0.39, 0.29) is 4.90 Å². The molecule has 0 unspecified atom stereocenters. The van der Waals surface area contributed by atoms with E-state index >= 15 is 0 Å². The van der Waals surface area contributed by atoms with Gasteiger partial charge in [0.05, 0.1) is 22.2 Å². The van der Waals surface area contributed by atoms with E-state index in [1.807, 2.05) is 26.0 Å². The fourth-order valence-electron chi connectivity index (χ4n) is 1.80. The van der Waals surface area contributed by atoms with E-state index in [2.05, 4.69) is 4.72 Å². The minimum atomic E-state index is -3.69. The quantitative estimate of drug-likeness (QED) is 0.943. The van der Waals surface area contributed by atoms with E-state index in [1.165, 1.54) is 12.1 Å². The fraction of sp³-hybridized carbons (Fsp3) is 0.133. The Morgan fingerprint density at radius 2 is 1.80 bits per heavy atom. The number of nitrogens with zero attached hydrogens (tertiary/aromatic N) is 1. The lowest BCUT2D eigenvalue weighted by molar-refractivity contribution is 0.601. The first-order valence-corrected chi connectivity index (χ1v) is 7.51. The van der Waals surface area contributed by atoms with Crippen molar-refractivity contribution < 1.29 is 8.42 Å². The van der Waals surface area contributed by atoms with Gasteiger partial charge in [-0.3, -0.25) is 4.72 Å². The number of nitrogens with one attached hydrogen (secondary N) is 1. The highest BCUT2D eigenvalue weighted by molar-refractivity contribution is 7.92. The molecule has 0 radical (unpaired) electrons. The number of aryl methyl sites for hydroxylation is 1. The summed E-state index contributed by atoms with van der Waals surface area (Å²) in [6.45, 7) is 3.78. The zero-order valence-electron chi connectivity index (χ0n) is 11.2. The second-order valence-corrected chi connectivity index (χ2v) is 6.18. The van der Waals surface area contributed by atoms with Crippen LogP contribution in [0.4, 0.5) is 5.69 Å². The van der Waals surface area contributed by atoms with E-state index in [1.54, 1.807) is 24.3 Å². The number of sulfonamides is 1. The maximum Gasteiger partial charge on any atom is 0.261 e. The van der Waals surface area contributed by atoms with Crippen molar-refractivity contribution in [3.8, 4) is 6.07 Å². The molecule has 2 aromatic carbocycles. The number of benzene rings is 2. The predicted molar refractivity (Wildman–Crippen MR) is 77.9 cm³/mol. The molecule has 0 aliphatic rings. The van der Waals surface area contributed by atoms with Crippen LogP contribution < -0.4 is 4.72 Å². The number of hydrogen-bond donors (Lipinski definition) is 1. The standard InChI is InChI=1S/C15H14N2O2S/c1-11-5-3-8-15(12(11)2)17-20(18,19)14-7-4-6-13(9-14)10-16/h3-9,17H,1-2H3. The highest BCUT2D eigenvalue weighted by Crippen LogP contribution is 2.22. The summed E-state index contributed by atoms with van der Waals surface area (Å²) in [7, 11) is -3.69. The lowest BCUT2D eigenvalue weighted by atomic mass is 10.1. The lowest BCUT2D eigenvalue weighted by Crippen LogP contribution is -2.14. The molecular weight excluding hydrogens is 272 g/mol. The van der Waals surface area contributed by atoms with Gasteiger partial charge in [-0.05, 0) is 49.2 Å². The van der Waals surface area contributed by atoms with Crippen molar-refractivity contribution in [3.05, 3.63) is 59.2 Å². The van der Waals surface area contributed by atoms with Crippen molar-refractivity contribution in [1.29, 1.82) is 5.26 Å². The Morgan fingerprint density at radius 1 is 1.10 bits per heavy atom. The van der Waals surface area contributed by atoms with Gasteiger partial charge in [-0.25, -0.2) is 8.42 Å². The first-order chi connectivity index (χ1) is 9.44. The number of rotatable bonds is 3. The molecule has 2 rings (SSSR count). The third-order valence-electron chi connectivity index (χ3n) is 3.12. The predicted octanol–water partition coefficient (Wildman–Crippen LogP) is 2.98. The average molecular weight is 286 g/mol. The van der Waals surface area contributed by atoms with E-state index in [4.69, 9.17) is 5.26 Å². The fourth-order valence-corrected chi connectivity index (χ4v) is 2.97. The molecule has 0 bridgehead atoms. The van der Waals surface area contributed by atoms with Crippen LogP contribution >= 0.6 is 0 Å². The van der Waals surface area contributed by atoms with Crippen LogP contribution in [0.3, 0.4) is 0 Å². The molecule has 0 spiro atoms. The molecule has 0 saturated carbocycles. The highest BCUT2D eigenvalue weighted by atomic mass is 32.2. The molecule has 0 amide bonds. The van der Waals surface area contributed by atoms with E-state index in [0.717, 1.165) is 11.1 Å². The normalized spacial score (nSPS) is 10.8. The largest absolute Gasteiger partial charge is 0.279 e. The number of nitriles is 1. The van der Waals surface area contributed by atoms with Gasteiger partial charge in [0.2, 0.25) is 0 Å². The molecule has 20 heavy (non-hydrogen) atoms. The third kappa shape index (κ3) is 2.81. The van der Waals surface area contributed by atoms with Gasteiger partial charge in [-0.2, -0.15) is 5.26 Å². The molecule has 0 saturated heterocycles. The summed E-state index contributed by atoms with van der Waals surface area (Å²) in [4.78, 5) is 0.0810. The van der Waals surface area contributed by atoms with Crippen molar-refractivity contribution in [3.63, 3.8) is 0 Å². The van der Waals surface area contributed by atoms with Crippen LogP contribution in [0.15, 0.2) is 47.4 Å². The Hall–Kier alpha value is -2.32. The monoisotopic (exact) mass is 286 g/mol. The van der Waals surface area contributed by atoms with Crippen LogP contribution in [-0.2, 0) is 10.0 Å². The summed E-state index contributed by atoms with van der Waals surface area (Å²) >= 11 is 0. The Morgan fingerprint density at radius 3 is 2.50 bits per heavy atom. The Balaban J connectivity index is 2.41. The summed E-state index contributed by atoms with van der Waals surface area (Å²) in [6, 6.07) is 13.3. The van der Waals surface area contributed by atoms with Crippen molar-refractivity contribution in [2.24, 2.45) is 0 Å². The minimum absolute atomic E-state index is 0.0810. The van der Waals surface area contributed by atoms with Crippen LogP contribution in [0.25, 0.3) is 0 Å². The molecule has 2 aromatic rings. The molecule has 0 fully saturated rings. The molecule has 0 aliphatic heterocycles. The SMILES string of the molecule is Cc1cccc(NS(=O)(=O)c2cccc(C#N)c2)c1C. The lowest BCUT2D eigenvalue weighted by Gasteiger charge is -2.12. The van der Waals surface area contributed by atoms with Gasteiger partial charge in [0.25, 0.3) is 10.0 Å². The molecule has 0 heterocycles. The van der Waals surface area contributed by atoms with Gasteiger partial charge in [0.1, 0.15) is 0 Å². The smallest absolute Gasteiger partial charge is 0.261 e. The Kier molecular flexibility index (Phi) is 3.77. The maximum atomic E-state index is 12.3. The van der Waals surface area contributed by atoms with E-state index < -0.39 is 10.0 Å². The van der Waals surface area contributed by atoms with Crippen LogP contribution in [0.5, 0.6) is 0 Å². The number of hydrogen-bond acceptors (Lipinski definition) is 3. The second-order valence-electron chi connectivity index (χ2n) is 4.49. The van der Waals surface area contributed by atoms with Crippen LogP contribution in [-0.4, -0.2) is 8.42 Å². The second kappa shape index (κ2) is 5.35. The molecule has 0 atom stereocenters. The van der Waals surface area contributed by atoms with Gasteiger partial charge in [-0.1, -0.05) is 18.2 Å². The average Bonchev–Trinajstić information content (AvgIpc) is 2.44. The van der Waals surface area contributed by atoms with Gasteiger partial charge in [-0.15, -0.1) is 0 Å². The van der Waals surface area contributed by atoms with Crippen LogP contribution in [0.2, 0.25) is 0 Å². The van der Waals surface area contributed by atoms with Gasteiger partial charge in [0.15, 0.2) is 0 Å². The Labute approximate surface area is 118 Å². The molecular formula is C15H14N2O2S. The Bertz CT molecular complexity index is 790. The first-order valence-electron chi connectivity index (χ1n) is 6.03. The molecule has 5 heteroatoms. The van der Waals surface area contributed by atoms with E-state index in [9.17, 15) is 8.42 Å². The van der Waals surface area contributed by atoms with Crippen LogP contribution in [0.1, 0.15) is 16.7 Å². The number of anilines is 1. The van der Waals surface area contributed by atoms with Gasteiger partial charge in [0, 0.05) is 0 Å².